The first-order valence-electron chi connectivity index (χ1n) is 9.48. The number of aromatic nitrogens is 2. The van der Waals surface area contributed by atoms with E-state index in [1.54, 1.807) is 31.3 Å². The summed E-state index contributed by atoms with van der Waals surface area (Å²) in [6.45, 7) is 5.36. The normalized spacial score (nSPS) is 17.4. The number of nitrogen functional groups attached to an aromatic ring is 1. The zero-order valence-corrected chi connectivity index (χ0v) is 16.8. The van der Waals surface area contributed by atoms with Gasteiger partial charge in [-0.15, -0.1) is 0 Å². The molecule has 0 unspecified atom stereocenters. The number of anilines is 1. The Morgan fingerprint density at radius 1 is 1.34 bits per heavy atom. The number of rotatable bonds is 4. The van der Waals surface area contributed by atoms with Crippen LogP contribution in [0.1, 0.15) is 29.2 Å². The van der Waals surface area contributed by atoms with Crippen molar-refractivity contribution in [2.75, 3.05) is 32.9 Å². The number of hydrogen-bond donors (Lipinski definition) is 3. The Balaban J connectivity index is 0.000000552. The van der Waals surface area contributed by atoms with Crippen LogP contribution in [0.4, 0.5) is 5.82 Å². The second-order valence-corrected chi connectivity index (χ2v) is 7.79. The van der Waals surface area contributed by atoms with Gasteiger partial charge in [-0.25, -0.2) is 4.68 Å². The van der Waals surface area contributed by atoms with Crippen molar-refractivity contribution in [3.8, 4) is 17.0 Å². The summed E-state index contributed by atoms with van der Waals surface area (Å²) in [7, 11) is 3.72. The summed E-state index contributed by atoms with van der Waals surface area (Å²) < 4.78 is 1.82. The second-order valence-electron chi connectivity index (χ2n) is 7.79. The molecular formula is C21H27N5O3. The molecule has 1 aliphatic heterocycles. The van der Waals surface area contributed by atoms with Gasteiger partial charge in [0.1, 0.15) is 29.1 Å². The lowest BCUT2D eigenvalue weighted by molar-refractivity contribution is -0.104. The maximum absolute atomic E-state index is 12.4. The lowest BCUT2D eigenvalue weighted by Crippen LogP contribution is -2.60. The van der Waals surface area contributed by atoms with Crippen LogP contribution in [0.25, 0.3) is 11.3 Å². The molecule has 0 bridgehead atoms. The fraction of sp³-hybridized carbons (Fsp3) is 0.381. The third-order valence-corrected chi connectivity index (χ3v) is 5.53. The van der Waals surface area contributed by atoms with Crippen LogP contribution in [-0.2, 0) is 4.79 Å². The minimum absolute atomic E-state index is 0.174. The molecule has 1 saturated carbocycles. The number of allylic oxidation sites excluding steroid dienone is 1. The van der Waals surface area contributed by atoms with Gasteiger partial charge in [-0.3, -0.25) is 9.59 Å². The van der Waals surface area contributed by atoms with Crippen molar-refractivity contribution in [3.63, 3.8) is 0 Å². The SMILES string of the molecule is C=CC=O.CNC(=O)c1c(-c2ccc(O)cc2)nn(C2CC3(C2)CN(C)C3)c1N. The fourth-order valence-corrected chi connectivity index (χ4v) is 4.37. The first kappa shape index (κ1) is 20.6. The molecule has 2 aliphatic rings. The molecule has 29 heavy (non-hydrogen) atoms. The predicted molar refractivity (Wildman–Crippen MR) is 112 cm³/mol. The zero-order valence-electron chi connectivity index (χ0n) is 16.8. The van der Waals surface area contributed by atoms with Crippen LogP contribution in [0.15, 0.2) is 36.9 Å². The van der Waals surface area contributed by atoms with Crippen molar-refractivity contribution in [3.05, 3.63) is 42.5 Å². The van der Waals surface area contributed by atoms with Crippen molar-refractivity contribution in [1.29, 1.82) is 0 Å². The van der Waals surface area contributed by atoms with E-state index < -0.39 is 0 Å². The maximum atomic E-state index is 12.4. The molecule has 154 valence electrons. The molecular weight excluding hydrogens is 370 g/mol. The first-order valence-corrected chi connectivity index (χ1v) is 9.48. The third-order valence-electron chi connectivity index (χ3n) is 5.53. The average Bonchev–Trinajstić information content (AvgIpc) is 3.00. The number of phenolic OH excluding ortho intramolecular Hbond substituents is 1. The Hall–Kier alpha value is -3.13. The van der Waals surface area contributed by atoms with E-state index >= 15 is 0 Å². The number of amides is 1. The Morgan fingerprint density at radius 2 is 1.93 bits per heavy atom. The van der Waals surface area contributed by atoms with E-state index in [1.165, 1.54) is 6.08 Å². The van der Waals surface area contributed by atoms with Crippen molar-refractivity contribution in [2.45, 2.75) is 18.9 Å². The van der Waals surface area contributed by atoms with E-state index in [1.807, 2.05) is 4.68 Å². The number of nitrogens with two attached hydrogens (primary N) is 1. The highest BCUT2D eigenvalue weighted by Gasteiger charge is 2.52. The molecule has 1 saturated heterocycles. The zero-order chi connectivity index (χ0) is 21.2. The van der Waals surface area contributed by atoms with E-state index in [0.717, 1.165) is 31.5 Å². The van der Waals surface area contributed by atoms with Gasteiger partial charge in [0.25, 0.3) is 5.91 Å². The minimum atomic E-state index is -0.246. The van der Waals surface area contributed by atoms with Gasteiger partial charge in [-0.2, -0.15) is 5.10 Å². The van der Waals surface area contributed by atoms with E-state index in [2.05, 4.69) is 28.9 Å². The van der Waals surface area contributed by atoms with Crippen LogP contribution < -0.4 is 11.1 Å². The number of benzene rings is 1. The largest absolute Gasteiger partial charge is 0.508 e. The van der Waals surface area contributed by atoms with Crippen LogP contribution in [0, 0.1) is 5.41 Å². The molecule has 8 heteroatoms. The van der Waals surface area contributed by atoms with Crippen molar-refractivity contribution >= 4 is 18.0 Å². The molecule has 1 aromatic carbocycles. The van der Waals surface area contributed by atoms with E-state index in [0.29, 0.717) is 28.8 Å². The molecule has 2 aromatic rings. The number of aromatic hydroxyl groups is 1. The topological polar surface area (TPSA) is 113 Å². The van der Waals surface area contributed by atoms with E-state index in [-0.39, 0.29) is 17.7 Å². The van der Waals surface area contributed by atoms with Gasteiger partial charge in [-0.05, 0) is 55.6 Å². The average molecular weight is 397 g/mol. The Labute approximate surface area is 170 Å². The van der Waals surface area contributed by atoms with Crippen LogP contribution in [0.2, 0.25) is 0 Å². The van der Waals surface area contributed by atoms with Crippen molar-refractivity contribution < 1.29 is 14.7 Å². The molecule has 0 radical (unpaired) electrons. The highest BCUT2D eigenvalue weighted by atomic mass is 16.3. The molecule has 2 fully saturated rings. The molecule has 8 nitrogen and oxygen atoms in total. The minimum Gasteiger partial charge on any atom is -0.508 e. The number of aldehydes is 1. The Morgan fingerprint density at radius 3 is 2.41 bits per heavy atom. The highest BCUT2D eigenvalue weighted by molar-refractivity contribution is 6.04. The smallest absolute Gasteiger partial charge is 0.257 e. The highest BCUT2D eigenvalue weighted by Crippen LogP contribution is 2.54. The number of nitrogens with one attached hydrogen (secondary N) is 1. The summed E-state index contributed by atoms with van der Waals surface area (Å²) in [5, 5.41) is 16.8. The molecule has 1 spiro atoms. The number of nitrogens with zero attached hydrogens (tertiary/aromatic N) is 3. The van der Waals surface area contributed by atoms with Gasteiger partial charge in [0.2, 0.25) is 0 Å². The molecule has 4 rings (SSSR count). The first-order chi connectivity index (χ1) is 13.8. The number of carbonyl (C=O) groups excluding carboxylic acids is 2. The van der Waals surface area contributed by atoms with Gasteiger partial charge in [0, 0.05) is 25.7 Å². The summed E-state index contributed by atoms with van der Waals surface area (Å²) >= 11 is 0. The van der Waals surface area contributed by atoms with Gasteiger partial charge in [0.15, 0.2) is 0 Å². The standard InChI is InChI=1S/C18H23N5O2.C3H4O/c1-20-17(25)14-15(11-3-5-13(24)6-4-11)21-23(16(14)19)12-7-18(8-12)9-22(2)10-18;1-2-3-4/h3-6,12,24H,7-10,19H2,1-2H3,(H,20,25);2-3H,1H2. The quantitative estimate of drug-likeness (QED) is 0.536. The predicted octanol–water partition coefficient (Wildman–Crippen LogP) is 1.84. The van der Waals surface area contributed by atoms with Crippen LogP contribution >= 0.6 is 0 Å². The summed E-state index contributed by atoms with van der Waals surface area (Å²) in [6.07, 6.45) is 3.93. The van der Waals surface area contributed by atoms with Gasteiger partial charge >= 0.3 is 0 Å². The Bertz CT molecular complexity index is 899. The van der Waals surface area contributed by atoms with Gasteiger partial charge in [-0.1, -0.05) is 6.58 Å². The molecule has 1 amide bonds. The monoisotopic (exact) mass is 397 g/mol. The second kappa shape index (κ2) is 8.08. The summed E-state index contributed by atoms with van der Waals surface area (Å²) in [5.41, 5.74) is 8.44. The Kier molecular flexibility index (Phi) is 5.74. The molecule has 4 N–H and O–H groups in total. The summed E-state index contributed by atoms with van der Waals surface area (Å²) in [4.78, 5) is 23.8. The van der Waals surface area contributed by atoms with Gasteiger partial charge < -0.3 is 21.1 Å². The molecule has 2 heterocycles. The van der Waals surface area contributed by atoms with E-state index in [9.17, 15) is 9.90 Å². The van der Waals surface area contributed by atoms with Crippen molar-refractivity contribution in [2.24, 2.45) is 5.41 Å². The summed E-state index contributed by atoms with van der Waals surface area (Å²) in [5.74, 6) is 0.340. The van der Waals surface area contributed by atoms with Gasteiger partial charge in [0.05, 0.1) is 6.04 Å². The van der Waals surface area contributed by atoms with E-state index in [4.69, 9.17) is 10.5 Å². The summed E-state index contributed by atoms with van der Waals surface area (Å²) in [6, 6.07) is 6.90. The fourth-order valence-electron chi connectivity index (χ4n) is 4.37. The van der Waals surface area contributed by atoms with Crippen LogP contribution in [0.5, 0.6) is 5.75 Å². The molecule has 1 aromatic heterocycles. The lowest BCUT2D eigenvalue weighted by atomic mass is 9.61. The molecule has 1 aliphatic carbocycles. The van der Waals surface area contributed by atoms with Crippen LogP contribution in [0.3, 0.4) is 0 Å². The maximum Gasteiger partial charge on any atom is 0.257 e. The van der Waals surface area contributed by atoms with Crippen LogP contribution in [-0.4, -0.2) is 59.2 Å². The molecule has 0 atom stereocenters. The lowest BCUT2D eigenvalue weighted by Gasteiger charge is -2.58. The van der Waals surface area contributed by atoms with Crippen molar-refractivity contribution in [1.82, 2.24) is 20.0 Å². The number of phenols is 1. The number of likely N-dealkylation sites (tertiary alicyclic amines) is 1. The number of hydrogen-bond acceptors (Lipinski definition) is 6. The third kappa shape index (κ3) is 3.88. The number of carbonyl (C=O) groups is 2.